The Bertz CT molecular complexity index is 907. The SMILES string of the molecule is CN(C)CCOc1ccccc1-c1nc(-c2ccc3c(c2)OCO3)no1. The summed E-state index contributed by atoms with van der Waals surface area (Å²) in [5.41, 5.74) is 1.57. The van der Waals surface area contributed by atoms with Gasteiger partial charge in [-0.05, 0) is 44.4 Å². The first-order valence-electron chi connectivity index (χ1n) is 8.31. The Kier molecular flexibility index (Phi) is 4.45. The van der Waals surface area contributed by atoms with E-state index in [-0.39, 0.29) is 6.79 Å². The Balaban J connectivity index is 1.58. The van der Waals surface area contributed by atoms with Crippen molar-refractivity contribution in [1.29, 1.82) is 0 Å². The molecular formula is C19H19N3O4. The van der Waals surface area contributed by atoms with Crippen molar-refractivity contribution in [2.45, 2.75) is 0 Å². The molecule has 2 heterocycles. The molecule has 26 heavy (non-hydrogen) atoms. The number of benzene rings is 2. The molecule has 0 saturated heterocycles. The van der Waals surface area contributed by atoms with Crippen molar-refractivity contribution in [3.05, 3.63) is 42.5 Å². The predicted octanol–water partition coefficient (Wildman–Crippen LogP) is 3.07. The Morgan fingerprint density at radius 1 is 1.08 bits per heavy atom. The van der Waals surface area contributed by atoms with Crippen LogP contribution in [-0.4, -0.2) is 49.1 Å². The zero-order valence-electron chi connectivity index (χ0n) is 14.6. The van der Waals surface area contributed by atoms with Gasteiger partial charge in [0.25, 0.3) is 5.89 Å². The van der Waals surface area contributed by atoms with Crippen LogP contribution in [0.1, 0.15) is 0 Å². The minimum atomic E-state index is 0.230. The summed E-state index contributed by atoms with van der Waals surface area (Å²) in [4.78, 5) is 6.58. The summed E-state index contributed by atoms with van der Waals surface area (Å²) >= 11 is 0. The molecule has 0 N–H and O–H groups in total. The molecule has 0 amide bonds. The molecule has 0 saturated carbocycles. The molecule has 4 rings (SSSR count). The maximum atomic E-state index is 5.87. The second-order valence-electron chi connectivity index (χ2n) is 6.14. The van der Waals surface area contributed by atoms with Crippen LogP contribution in [0.3, 0.4) is 0 Å². The molecule has 0 atom stereocenters. The Labute approximate surface area is 151 Å². The number of hydrogen-bond acceptors (Lipinski definition) is 7. The van der Waals surface area contributed by atoms with E-state index in [9.17, 15) is 0 Å². The highest BCUT2D eigenvalue weighted by Gasteiger charge is 2.18. The first-order valence-corrected chi connectivity index (χ1v) is 8.31. The molecule has 7 heteroatoms. The van der Waals surface area contributed by atoms with Crippen LogP contribution in [0.2, 0.25) is 0 Å². The van der Waals surface area contributed by atoms with Crippen molar-refractivity contribution >= 4 is 0 Å². The molecule has 134 valence electrons. The van der Waals surface area contributed by atoms with Crippen molar-refractivity contribution in [3.63, 3.8) is 0 Å². The molecule has 1 aliphatic rings. The number of ether oxygens (including phenoxy) is 3. The van der Waals surface area contributed by atoms with E-state index in [4.69, 9.17) is 18.7 Å². The lowest BCUT2D eigenvalue weighted by Crippen LogP contribution is -2.19. The van der Waals surface area contributed by atoms with Gasteiger partial charge in [0, 0.05) is 12.1 Å². The molecule has 0 aliphatic carbocycles. The number of fused-ring (bicyclic) bond motifs is 1. The standard InChI is InChI=1S/C19H19N3O4/c1-22(2)9-10-23-15-6-4-3-5-14(15)19-20-18(21-26-19)13-7-8-16-17(11-13)25-12-24-16/h3-8,11H,9-10,12H2,1-2H3. The van der Waals surface area contributed by atoms with Gasteiger partial charge in [-0.15, -0.1) is 0 Å². The lowest BCUT2D eigenvalue weighted by molar-refractivity contribution is 0.174. The topological polar surface area (TPSA) is 69.9 Å². The van der Waals surface area contributed by atoms with Crippen LogP contribution >= 0.6 is 0 Å². The van der Waals surface area contributed by atoms with Crippen LogP contribution in [-0.2, 0) is 0 Å². The fraction of sp³-hybridized carbons (Fsp3) is 0.263. The monoisotopic (exact) mass is 353 g/mol. The van der Waals surface area contributed by atoms with Gasteiger partial charge in [-0.2, -0.15) is 4.98 Å². The van der Waals surface area contributed by atoms with E-state index in [0.29, 0.717) is 24.1 Å². The second kappa shape index (κ2) is 7.05. The molecular weight excluding hydrogens is 334 g/mol. The fourth-order valence-electron chi connectivity index (χ4n) is 2.59. The molecule has 0 spiro atoms. The number of hydrogen-bond donors (Lipinski definition) is 0. The van der Waals surface area contributed by atoms with Gasteiger partial charge in [-0.1, -0.05) is 17.3 Å². The largest absolute Gasteiger partial charge is 0.491 e. The van der Waals surface area contributed by atoms with Gasteiger partial charge in [0.15, 0.2) is 11.5 Å². The van der Waals surface area contributed by atoms with Crippen LogP contribution in [0.25, 0.3) is 22.8 Å². The zero-order chi connectivity index (χ0) is 17.9. The Hall–Kier alpha value is -3.06. The molecule has 0 fully saturated rings. The summed E-state index contributed by atoms with van der Waals surface area (Å²) in [6.45, 7) is 1.63. The normalized spacial score (nSPS) is 12.6. The second-order valence-corrected chi connectivity index (χ2v) is 6.14. The molecule has 2 aromatic carbocycles. The summed E-state index contributed by atoms with van der Waals surface area (Å²) in [6.07, 6.45) is 0. The van der Waals surface area contributed by atoms with E-state index in [1.54, 1.807) is 0 Å². The highest BCUT2D eigenvalue weighted by molar-refractivity contribution is 5.66. The van der Waals surface area contributed by atoms with E-state index in [1.807, 2.05) is 56.6 Å². The quantitative estimate of drug-likeness (QED) is 0.674. The zero-order valence-corrected chi connectivity index (χ0v) is 14.6. The lowest BCUT2D eigenvalue weighted by atomic mass is 10.2. The van der Waals surface area contributed by atoms with Crippen molar-refractivity contribution in [1.82, 2.24) is 15.0 Å². The van der Waals surface area contributed by atoms with E-state index < -0.39 is 0 Å². The van der Waals surface area contributed by atoms with Crippen molar-refractivity contribution in [2.75, 3.05) is 34.0 Å². The molecule has 1 aliphatic heterocycles. The molecule has 3 aromatic rings. The third-order valence-electron chi connectivity index (χ3n) is 3.97. The van der Waals surface area contributed by atoms with Crippen molar-refractivity contribution in [2.24, 2.45) is 0 Å². The maximum absolute atomic E-state index is 5.87. The van der Waals surface area contributed by atoms with Crippen LogP contribution < -0.4 is 14.2 Å². The van der Waals surface area contributed by atoms with Crippen LogP contribution in [0, 0.1) is 0 Å². The lowest BCUT2D eigenvalue weighted by Gasteiger charge is -2.12. The maximum Gasteiger partial charge on any atom is 0.262 e. The smallest absolute Gasteiger partial charge is 0.262 e. The van der Waals surface area contributed by atoms with Gasteiger partial charge in [0.2, 0.25) is 12.6 Å². The summed E-state index contributed by atoms with van der Waals surface area (Å²) in [6, 6.07) is 13.2. The van der Waals surface area contributed by atoms with Gasteiger partial charge in [0.05, 0.1) is 5.56 Å². The van der Waals surface area contributed by atoms with Crippen molar-refractivity contribution in [3.8, 4) is 40.1 Å². The highest BCUT2D eigenvalue weighted by Crippen LogP contribution is 2.36. The van der Waals surface area contributed by atoms with Gasteiger partial charge in [-0.3, -0.25) is 0 Å². The van der Waals surface area contributed by atoms with E-state index in [2.05, 4.69) is 15.0 Å². The van der Waals surface area contributed by atoms with Gasteiger partial charge >= 0.3 is 0 Å². The minimum Gasteiger partial charge on any atom is -0.491 e. The number of likely N-dealkylation sites (N-methyl/N-ethyl adjacent to an activating group) is 1. The van der Waals surface area contributed by atoms with Crippen molar-refractivity contribution < 1.29 is 18.7 Å². The molecule has 7 nitrogen and oxygen atoms in total. The van der Waals surface area contributed by atoms with Crippen LogP contribution in [0.4, 0.5) is 0 Å². The van der Waals surface area contributed by atoms with Gasteiger partial charge < -0.3 is 23.6 Å². The fourth-order valence-corrected chi connectivity index (χ4v) is 2.59. The average Bonchev–Trinajstić information content (AvgIpc) is 3.30. The minimum absolute atomic E-state index is 0.230. The third kappa shape index (κ3) is 3.34. The number of rotatable bonds is 6. The summed E-state index contributed by atoms with van der Waals surface area (Å²) in [5.74, 6) is 3.02. The first-order chi connectivity index (χ1) is 12.7. The number of nitrogens with zero attached hydrogens (tertiary/aromatic N) is 3. The van der Waals surface area contributed by atoms with E-state index in [0.717, 1.165) is 29.2 Å². The average molecular weight is 353 g/mol. The van der Waals surface area contributed by atoms with E-state index >= 15 is 0 Å². The van der Waals surface area contributed by atoms with E-state index in [1.165, 1.54) is 0 Å². The highest BCUT2D eigenvalue weighted by atomic mass is 16.7. The summed E-state index contributed by atoms with van der Waals surface area (Å²) in [5, 5.41) is 4.09. The number of para-hydroxylation sites is 1. The Morgan fingerprint density at radius 3 is 2.81 bits per heavy atom. The van der Waals surface area contributed by atoms with Gasteiger partial charge in [-0.25, -0.2) is 0 Å². The molecule has 0 bridgehead atoms. The van der Waals surface area contributed by atoms with Crippen LogP contribution in [0.5, 0.6) is 17.2 Å². The Morgan fingerprint density at radius 2 is 1.92 bits per heavy atom. The molecule has 0 radical (unpaired) electrons. The third-order valence-corrected chi connectivity index (χ3v) is 3.97. The number of aromatic nitrogens is 2. The van der Waals surface area contributed by atoms with Gasteiger partial charge in [0.1, 0.15) is 12.4 Å². The first kappa shape index (κ1) is 16.4. The predicted molar refractivity (Wildman–Crippen MR) is 95.3 cm³/mol. The molecule has 0 unspecified atom stereocenters. The summed E-state index contributed by atoms with van der Waals surface area (Å²) < 4.78 is 22.1. The van der Waals surface area contributed by atoms with Crippen LogP contribution in [0.15, 0.2) is 47.0 Å². The summed E-state index contributed by atoms with van der Waals surface area (Å²) in [7, 11) is 4.01. The molecule has 1 aromatic heterocycles.